The van der Waals surface area contributed by atoms with E-state index in [9.17, 15) is 9.90 Å². The molecule has 1 N–H and O–H groups in total. The van der Waals surface area contributed by atoms with Crippen LogP contribution in [0.25, 0.3) is 0 Å². The number of benzene rings is 1. The summed E-state index contributed by atoms with van der Waals surface area (Å²) in [5.41, 5.74) is 1.29. The lowest BCUT2D eigenvalue weighted by molar-refractivity contribution is -0.143. The second kappa shape index (κ2) is 3.54. The van der Waals surface area contributed by atoms with E-state index in [1.165, 1.54) is 0 Å². The number of allylic oxidation sites excluding steroid dienone is 2. The van der Waals surface area contributed by atoms with E-state index < -0.39 is 11.4 Å². The van der Waals surface area contributed by atoms with Crippen molar-refractivity contribution in [3.63, 3.8) is 0 Å². The summed E-state index contributed by atoms with van der Waals surface area (Å²) in [5.74, 6) is -0.721. The number of carboxylic acid groups (broad SMARTS) is 1. The molecule has 0 aromatic heterocycles. The van der Waals surface area contributed by atoms with E-state index in [1.807, 2.05) is 43.3 Å². The fourth-order valence-corrected chi connectivity index (χ4v) is 2.27. The summed E-state index contributed by atoms with van der Waals surface area (Å²) in [4.78, 5) is 11.4. The van der Waals surface area contributed by atoms with Gasteiger partial charge in [-0.25, -0.2) is 0 Å². The van der Waals surface area contributed by atoms with Gasteiger partial charge in [-0.15, -0.1) is 0 Å². The zero-order valence-corrected chi connectivity index (χ0v) is 8.73. The largest absolute Gasteiger partial charge is 0.481 e. The fourth-order valence-electron chi connectivity index (χ4n) is 2.27. The molecule has 2 rings (SSSR count). The molecule has 0 bridgehead atoms. The quantitative estimate of drug-likeness (QED) is 0.748. The van der Waals surface area contributed by atoms with Crippen LogP contribution in [0.3, 0.4) is 0 Å². The predicted molar refractivity (Wildman–Crippen MR) is 58.9 cm³/mol. The van der Waals surface area contributed by atoms with Gasteiger partial charge in [0.15, 0.2) is 0 Å². The molecule has 0 fully saturated rings. The third-order valence-electron chi connectivity index (χ3n) is 3.17. The van der Waals surface area contributed by atoms with Crippen LogP contribution >= 0.6 is 0 Å². The highest BCUT2D eigenvalue weighted by molar-refractivity contribution is 5.83. The van der Waals surface area contributed by atoms with Gasteiger partial charge in [-0.3, -0.25) is 4.79 Å². The molecule has 1 aliphatic rings. The minimum atomic E-state index is -0.721. The van der Waals surface area contributed by atoms with Gasteiger partial charge >= 0.3 is 5.97 Å². The third-order valence-corrected chi connectivity index (χ3v) is 3.17. The molecule has 15 heavy (non-hydrogen) atoms. The molecule has 2 nitrogen and oxygen atoms in total. The molecule has 0 heterocycles. The second-order valence-corrected chi connectivity index (χ2v) is 4.08. The Labute approximate surface area is 89.2 Å². The Bertz CT molecular complexity index is 410. The van der Waals surface area contributed by atoms with Gasteiger partial charge in [0.05, 0.1) is 5.41 Å². The molecule has 1 aromatic rings. The SMILES string of the molecule is Cc1ccccc1C1(C(=O)O)CC=CC1. The van der Waals surface area contributed by atoms with Crippen LogP contribution in [0, 0.1) is 6.92 Å². The smallest absolute Gasteiger partial charge is 0.314 e. The first-order valence-corrected chi connectivity index (χ1v) is 5.11. The molecule has 0 radical (unpaired) electrons. The standard InChI is InChI=1S/C13H14O2/c1-10-6-2-3-7-11(10)13(12(14)15)8-4-5-9-13/h2-7H,8-9H2,1H3,(H,14,15). The first kappa shape index (κ1) is 9.97. The van der Waals surface area contributed by atoms with Crippen molar-refractivity contribution in [3.05, 3.63) is 47.5 Å². The van der Waals surface area contributed by atoms with Crippen LogP contribution in [-0.4, -0.2) is 11.1 Å². The van der Waals surface area contributed by atoms with E-state index in [2.05, 4.69) is 0 Å². The van der Waals surface area contributed by atoms with E-state index in [1.54, 1.807) is 0 Å². The van der Waals surface area contributed by atoms with Crippen LogP contribution < -0.4 is 0 Å². The second-order valence-electron chi connectivity index (χ2n) is 4.08. The molecule has 1 aromatic carbocycles. The van der Waals surface area contributed by atoms with Crippen LogP contribution in [-0.2, 0) is 10.2 Å². The lowest BCUT2D eigenvalue weighted by atomic mass is 9.76. The Morgan fingerprint density at radius 3 is 2.40 bits per heavy atom. The first-order valence-electron chi connectivity index (χ1n) is 5.11. The van der Waals surface area contributed by atoms with Crippen LogP contribution in [0.2, 0.25) is 0 Å². The minimum absolute atomic E-state index is 0.604. The molecular weight excluding hydrogens is 188 g/mol. The maximum Gasteiger partial charge on any atom is 0.314 e. The Morgan fingerprint density at radius 2 is 1.87 bits per heavy atom. The number of carbonyl (C=O) groups is 1. The van der Waals surface area contributed by atoms with Crippen molar-refractivity contribution in [1.29, 1.82) is 0 Å². The highest BCUT2D eigenvalue weighted by Gasteiger charge is 2.41. The van der Waals surface area contributed by atoms with Crippen molar-refractivity contribution in [2.24, 2.45) is 0 Å². The Hall–Kier alpha value is -1.57. The van der Waals surface area contributed by atoms with E-state index >= 15 is 0 Å². The molecule has 0 saturated carbocycles. The lowest BCUT2D eigenvalue weighted by Crippen LogP contribution is -2.33. The highest BCUT2D eigenvalue weighted by Crippen LogP contribution is 2.38. The summed E-state index contributed by atoms with van der Waals surface area (Å²) in [6.07, 6.45) is 5.13. The maximum absolute atomic E-state index is 11.4. The van der Waals surface area contributed by atoms with E-state index in [0.717, 1.165) is 11.1 Å². The fraction of sp³-hybridized carbons (Fsp3) is 0.308. The van der Waals surface area contributed by atoms with Gasteiger partial charge in [0, 0.05) is 0 Å². The van der Waals surface area contributed by atoms with Crippen molar-refractivity contribution in [2.45, 2.75) is 25.2 Å². The van der Waals surface area contributed by atoms with Crippen molar-refractivity contribution in [3.8, 4) is 0 Å². The highest BCUT2D eigenvalue weighted by atomic mass is 16.4. The lowest BCUT2D eigenvalue weighted by Gasteiger charge is -2.26. The van der Waals surface area contributed by atoms with Gasteiger partial charge in [0.25, 0.3) is 0 Å². The molecule has 78 valence electrons. The van der Waals surface area contributed by atoms with Gasteiger partial charge in [-0.2, -0.15) is 0 Å². The molecule has 0 amide bonds. The minimum Gasteiger partial charge on any atom is -0.481 e. The molecule has 2 heteroatoms. The van der Waals surface area contributed by atoms with Crippen LogP contribution in [0.1, 0.15) is 24.0 Å². The van der Waals surface area contributed by atoms with Gasteiger partial charge in [0.2, 0.25) is 0 Å². The van der Waals surface area contributed by atoms with E-state index in [0.29, 0.717) is 12.8 Å². The summed E-state index contributed by atoms with van der Waals surface area (Å²) in [6.45, 7) is 1.97. The summed E-state index contributed by atoms with van der Waals surface area (Å²) < 4.78 is 0. The number of rotatable bonds is 2. The first-order chi connectivity index (χ1) is 7.17. The third kappa shape index (κ3) is 1.46. The van der Waals surface area contributed by atoms with Crippen LogP contribution in [0.15, 0.2) is 36.4 Å². The monoisotopic (exact) mass is 202 g/mol. The number of aliphatic carboxylic acids is 1. The Kier molecular flexibility index (Phi) is 2.35. The number of hydrogen-bond acceptors (Lipinski definition) is 1. The number of carboxylic acids is 1. The molecule has 1 aliphatic carbocycles. The predicted octanol–water partition coefficient (Wildman–Crippen LogP) is 2.67. The zero-order chi connectivity index (χ0) is 10.9. The molecule has 0 unspecified atom stereocenters. The summed E-state index contributed by atoms with van der Waals surface area (Å²) in [6, 6.07) is 7.75. The number of hydrogen-bond donors (Lipinski definition) is 1. The van der Waals surface area contributed by atoms with E-state index in [4.69, 9.17) is 0 Å². The van der Waals surface area contributed by atoms with Crippen molar-refractivity contribution in [2.75, 3.05) is 0 Å². The molecule has 0 spiro atoms. The van der Waals surface area contributed by atoms with Crippen molar-refractivity contribution >= 4 is 5.97 Å². The Morgan fingerprint density at radius 1 is 1.27 bits per heavy atom. The average molecular weight is 202 g/mol. The molecular formula is C13H14O2. The van der Waals surface area contributed by atoms with Crippen LogP contribution in [0.5, 0.6) is 0 Å². The maximum atomic E-state index is 11.4. The number of aryl methyl sites for hydroxylation is 1. The Balaban J connectivity index is 2.51. The van der Waals surface area contributed by atoms with Crippen molar-refractivity contribution in [1.82, 2.24) is 0 Å². The normalized spacial score (nSPS) is 17.9. The molecule has 0 saturated heterocycles. The van der Waals surface area contributed by atoms with Gasteiger partial charge < -0.3 is 5.11 Å². The van der Waals surface area contributed by atoms with Gasteiger partial charge in [-0.05, 0) is 30.9 Å². The van der Waals surface area contributed by atoms with Gasteiger partial charge in [0.1, 0.15) is 0 Å². The topological polar surface area (TPSA) is 37.3 Å². The average Bonchev–Trinajstić information content (AvgIpc) is 2.68. The van der Waals surface area contributed by atoms with Crippen LogP contribution in [0.4, 0.5) is 0 Å². The summed E-state index contributed by atoms with van der Waals surface area (Å²) in [5, 5.41) is 9.40. The zero-order valence-electron chi connectivity index (χ0n) is 8.73. The molecule has 0 atom stereocenters. The van der Waals surface area contributed by atoms with Gasteiger partial charge in [-0.1, -0.05) is 36.4 Å². The van der Waals surface area contributed by atoms with E-state index in [-0.39, 0.29) is 0 Å². The molecule has 0 aliphatic heterocycles. The summed E-state index contributed by atoms with van der Waals surface area (Å²) in [7, 11) is 0. The van der Waals surface area contributed by atoms with Crippen molar-refractivity contribution < 1.29 is 9.90 Å². The summed E-state index contributed by atoms with van der Waals surface area (Å²) >= 11 is 0.